The smallest absolute Gasteiger partial charge is 0.225 e. The second-order valence-electron chi connectivity index (χ2n) is 4.58. The van der Waals surface area contributed by atoms with Gasteiger partial charge in [-0.3, -0.25) is 4.79 Å². The maximum atomic E-state index is 12.1. The maximum Gasteiger partial charge on any atom is 0.225 e. The molecule has 1 amide bonds. The number of hydrogen-bond acceptors (Lipinski definition) is 3. The maximum absolute atomic E-state index is 12.1. The number of halogens is 2. The van der Waals surface area contributed by atoms with Crippen LogP contribution in [0.25, 0.3) is 0 Å². The average Bonchev–Trinajstić information content (AvgIpc) is 2.48. The number of carbonyl (C=O) groups is 1. The van der Waals surface area contributed by atoms with E-state index in [1.165, 1.54) is 24.3 Å². The quantitative estimate of drug-likeness (QED) is 0.707. The normalized spacial score (nSPS) is 11.2. The minimum Gasteiger partial charge on any atom is -0.326 e. The molecule has 0 heterocycles. The fourth-order valence-corrected chi connectivity index (χ4v) is 3.47. The van der Waals surface area contributed by atoms with E-state index in [-0.39, 0.29) is 23.0 Å². The van der Waals surface area contributed by atoms with Gasteiger partial charge in [0.2, 0.25) is 5.91 Å². The van der Waals surface area contributed by atoms with Crippen molar-refractivity contribution >= 4 is 55.6 Å². The monoisotopic (exact) mass is 449 g/mol. The van der Waals surface area contributed by atoms with E-state index in [2.05, 4.69) is 27.9 Å². The molecule has 0 radical (unpaired) electrons. The van der Waals surface area contributed by atoms with E-state index in [0.29, 0.717) is 10.7 Å². The Kier molecular flexibility index (Phi) is 5.82. The molecule has 2 aromatic carbocycles. The molecule has 0 aliphatic rings. The molecule has 7 heteroatoms. The molecule has 22 heavy (non-hydrogen) atoms. The average molecular weight is 450 g/mol. The number of benzene rings is 2. The Morgan fingerprint density at radius 3 is 2.23 bits per heavy atom. The molecule has 4 nitrogen and oxygen atoms in total. The molecule has 0 spiro atoms. The minimum absolute atomic E-state index is 0.100. The van der Waals surface area contributed by atoms with Crippen molar-refractivity contribution in [3.05, 3.63) is 57.1 Å². The van der Waals surface area contributed by atoms with Gasteiger partial charge in [-0.2, -0.15) is 0 Å². The summed E-state index contributed by atoms with van der Waals surface area (Å²) in [4.78, 5) is 12.0. The fraction of sp³-hybridized carbons (Fsp3) is 0.133. The van der Waals surface area contributed by atoms with E-state index in [9.17, 15) is 13.2 Å². The molecular weight excluding hydrogens is 437 g/mol. The first kappa shape index (κ1) is 17.2. The van der Waals surface area contributed by atoms with Crippen molar-refractivity contribution in [2.75, 3.05) is 11.1 Å². The van der Waals surface area contributed by atoms with Crippen LogP contribution in [0.15, 0.2) is 53.4 Å². The van der Waals surface area contributed by atoms with Crippen LogP contribution in [0.5, 0.6) is 0 Å². The summed E-state index contributed by atoms with van der Waals surface area (Å²) in [5.41, 5.74) is 0.648. The van der Waals surface area contributed by atoms with Crippen LogP contribution in [-0.2, 0) is 14.6 Å². The van der Waals surface area contributed by atoms with Crippen molar-refractivity contribution in [3.8, 4) is 0 Å². The number of rotatable bonds is 5. The Labute approximate surface area is 147 Å². The van der Waals surface area contributed by atoms with Gasteiger partial charge in [-0.1, -0.05) is 11.6 Å². The van der Waals surface area contributed by atoms with Gasteiger partial charge in [-0.05, 0) is 71.1 Å². The van der Waals surface area contributed by atoms with E-state index in [1.54, 1.807) is 12.1 Å². The Hall–Kier alpha value is -1.12. The van der Waals surface area contributed by atoms with Gasteiger partial charge in [-0.15, -0.1) is 0 Å². The Morgan fingerprint density at radius 1 is 1.05 bits per heavy atom. The van der Waals surface area contributed by atoms with Gasteiger partial charge in [0.1, 0.15) is 0 Å². The largest absolute Gasteiger partial charge is 0.326 e. The summed E-state index contributed by atoms with van der Waals surface area (Å²) in [5.74, 6) is -0.580. The summed E-state index contributed by atoms with van der Waals surface area (Å²) >= 11 is 7.90. The highest BCUT2D eigenvalue weighted by molar-refractivity contribution is 14.1. The topological polar surface area (TPSA) is 63.2 Å². The highest BCUT2D eigenvalue weighted by Gasteiger charge is 2.16. The van der Waals surface area contributed by atoms with Crippen LogP contribution < -0.4 is 5.32 Å². The van der Waals surface area contributed by atoms with Crippen LogP contribution >= 0.6 is 34.2 Å². The standard InChI is InChI=1S/C15H13ClINO3S/c16-11-1-7-14(8-2-11)22(20,21)10-9-15(19)18-13-5-3-12(17)4-6-13/h1-8H,9-10H2,(H,18,19). The van der Waals surface area contributed by atoms with Crippen LogP contribution in [0.2, 0.25) is 5.02 Å². The van der Waals surface area contributed by atoms with Crippen molar-refractivity contribution < 1.29 is 13.2 Å². The first-order chi connectivity index (χ1) is 10.4. The third-order valence-corrected chi connectivity index (χ3v) is 5.60. The molecule has 0 aliphatic heterocycles. The molecule has 2 rings (SSSR count). The van der Waals surface area contributed by atoms with Crippen molar-refractivity contribution in [2.24, 2.45) is 0 Å². The van der Waals surface area contributed by atoms with E-state index >= 15 is 0 Å². The highest BCUT2D eigenvalue weighted by Crippen LogP contribution is 2.16. The molecule has 0 aromatic heterocycles. The summed E-state index contributed by atoms with van der Waals surface area (Å²) < 4.78 is 25.3. The first-order valence-electron chi connectivity index (χ1n) is 6.40. The second-order valence-corrected chi connectivity index (χ2v) is 8.37. The highest BCUT2D eigenvalue weighted by atomic mass is 127. The SMILES string of the molecule is O=C(CCS(=O)(=O)c1ccc(Cl)cc1)Nc1ccc(I)cc1. The number of anilines is 1. The van der Waals surface area contributed by atoms with Gasteiger partial charge in [0.15, 0.2) is 9.84 Å². The predicted octanol–water partition coefficient (Wildman–Crippen LogP) is 3.75. The molecule has 0 saturated carbocycles. The third kappa shape index (κ3) is 4.96. The summed E-state index contributed by atoms with van der Waals surface area (Å²) in [6.45, 7) is 0. The number of amides is 1. The minimum atomic E-state index is -3.49. The van der Waals surface area contributed by atoms with Crippen LogP contribution in [0.1, 0.15) is 6.42 Å². The third-order valence-electron chi connectivity index (χ3n) is 2.90. The van der Waals surface area contributed by atoms with E-state index in [0.717, 1.165) is 3.57 Å². The van der Waals surface area contributed by atoms with Crippen LogP contribution in [0, 0.1) is 3.57 Å². The lowest BCUT2D eigenvalue weighted by molar-refractivity contribution is -0.115. The van der Waals surface area contributed by atoms with Crippen molar-refractivity contribution in [2.45, 2.75) is 11.3 Å². The molecule has 0 aliphatic carbocycles. The molecule has 1 N–H and O–H groups in total. The fourth-order valence-electron chi connectivity index (χ4n) is 1.74. The van der Waals surface area contributed by atoms with Gasteiger partial charge < -0.3 is 5.32 Å². The Morgan fingerprint density at radius 2 is 1.64 bits per heavy atom. The number of sulfone groups is 1. The number of carbonyl (C=O) groups excluding carboxylic acids is 1. The molecule has 2 aromatic rings. The zero-order valence-corrected chi connectivity index (χ0v) is 15.2. The Balaban J connectivity index is 1.95. The van der Waals surface area contributed by atoms with Crippen LogP contribution in [-0.4, -0.2) is 20.1 Å². The van der Waals surface area contributed by atoms with Gasteiger partial charge >= 0.3 is 0 Å². The van der Waals surface area contributed by atoms with Gasteiger partial charge in [0.05, 0.1) is 10.6 Å². The summed E-state index contributed by atoms with van der Waals surface area (Å²) in [7, 11) is -3.49. The van der Waals surface area contributed by atoms with E-state index in [1.807, 2.05) is 12.1 Å². The molecule has 0 atom stereocenters. The summed E-state index contributed by atoms with van der Waals surface area (Å²) in [6, 6.07) is 13.2. The zero-order chi connectivity index (χ0) is 16.2. The van der Waals surface area contributed by atoms with Crippen molar-refractivity contribution in [1.29, 1.82) is 0 Å². The molecule has 0 bridgehead atoms. The molecule has 116 valence electrons. The van der Waals surface area contributed by atoms with E-state index in [4.69, 9.17) is 11.6 Å². The van der Waals surface area contributed by atoms with Crippen LogP contribution in [0.4, 0.5) is 5.69 Å². The number of hydrogen-bond donors (Lipinski definition) is 1. The van der Waals surface area contributed by atoms with Crippen molar-refractivity contribution in [1.82, 2.24) is 0 Å². The second kappa shape index (κ2) is 7.43. The molecule has 0 unspecified atom stereocenters. The van der Waals surface area contributed by atoms with Gasteiger partial charge in [0.25, 0.3) is 0 Å². The lowest BCUT2D eigenvalue weighted by Gasteiger charge is -2.06. The first-order valence-corrected chi connectivity index (χ1v) is 9.51. The van der Waals surface area contributed by atoms with Gasteiger partial charge in [0, 0.05) is 20.7 Å². The molecule has 0 saturated heterocycles. The van der Waals surface area contributed by atoms with Crippen molar-refractivity contribution in [3.63, 3.8) is 0 Å². The molecule has 0 fully saturated rings. The summed E-state index contributed by atoms with van der Waals surface area (Å²) in [6.07, 6.45) is -0.100. The van der Waals surface area contributed by atoms with E-state index < -0.39 is 9.84 Å². The van der Waals surface area contributed by atoms with Gasteiger partial charge in [-0.25, -0.2) is 8.42 Å². The number of nitrogens with one attached hydrogen (secondary N) is 1. The zero-order valence-electron chi connectivity index (χ0n) is 11.4. The predicted molar refractivity (Wildman–Crippen MR) is 95.9 cm³/mol. The Bertz CT molecular complexity index is 758. The molecular formula is C15H13ClINO3S. The lowest BCUT2D eigenvalue weighted by Crippen LogP contribution is -2.17. The summed E-state index contributed by atoms with van der Waals surface area (Å²) in [5, 5.41) is 3.14. The lowest BCUT2D eigenvalue weighted by atomic mass is 10.3. The van der Waals surface area contributed by atoms with Crippen LogP contribution in [0.3, 0.4) is 0 Å².